The van der Waals surface area contributed by atoms with E-state index >= 15 is 0 Å². The first-order valence-electron chi connectivity index (χ1n) is 8.10. The molecule has 24 heavy (non-hydrogen) atoms. The second-order valence-electron chi connectivity index (χ2n) is 5.51. The zero-order chi connectivity index (χ0) is 16.8. The van der Waals surface area contributed by atoms with Gasteiger partial charge in [-0.25, -0.2) is 0 Å². The van der Waals surface area contributed by atoms with Gasteiger partial charge in [0.2, 0.25) is 12.7 Å². The number of carbonyl (C=O) groups is 1. The Bertz CT molecular complexity index is 690. The van der Waals surface area contributed by atoms with Crippen LogP contribution in [0.5, 0.6) is 11.5 Å². The van der Waals surface area contributed by atoms with Gasteiger partial charge in [-0.05, 0) is 36.8 Å². The summed E-state index contributed by atoms with van der Waals surface area (Å²) in [6, 6.07) is 16.0. The molecule has 2 aromatic rings. The molecular weight excluding hydrogens is 322 g/mol. The smallest absolute Gasteiger partial charge is 0.231 e. The van der Waals surface area contributed by atoms with Crippen LogP contribution in [0.2, 0.25) is 0 Å². The van der Waals surface area contributed by atoms with E-state index in [1.54, 1.807) is 11.8 Å². The van der Waals surface area contributed by atoms with Gasteiger partial charge in [-0.3, -0.25) is 4.79 Å². The fourth-order valence-corrected chi connectivity index (χ4v) is 3.43. The largest absolute Gasteiger partial charge is 0.454 e. The van der Waals surface area contributed by atoms with Crippen LogP contribution in [0.15, 0.2) is 53.4 Å². The van der Waals surface area contributed by atoms with Crippen LogP contribution in [0, 0.1) is 0 Å². The highest BCUT2D eigenvalue weighted by molar-refractivity contribution is 7.99. The lowest BCUT2D eigenvalue weighted by Crippen LogP contribution is -2.30. The number of rotatable bonds is 7. The zero-order valence-electron chi connectivity index (χ0n) is 13.7. The molecule has 0 saturated carbocycles. The van der Waals surface area contributed by atoms with Crippen LogP contribution >= 0.6 is 11.8 Å². The molecular formula is C19H21NO3S. The molecule has 0 fully saturated rings. The Balaban J connectivity index is 1.52. The SMILES string of the molecule is CCN(Cc1ccc2c(c1)OCO2)C(=O)CCSc1ccccc1. The Kier molecular flexibility index (Phi) is 5.64. The molecule has 126 valence electrons. The maximum absolute atomic E-state index is 12.5. The Hall–Kier alpha value is -2.14. The molecule has 3 rings (SSSR count). The number of benzene rings is 2. The van der Waals surface area contributed by atoms with Gasteiger partial charge in [0.25, 0.3) is 0 Å². The van der Waals surface area contributed by atoms with E-state index in [9.17, 15) is 4.79 Å². The molecule has 0 aromatic heterocycles. The molecule has 0 N–H and O–H groups in total. The summed E-state index contributed by atoms with van der Waals surface area (Å²) in [4.78, 5) is 15.5. The van der Waals surface area contributed by atoms with Gasteiger partial charge < -0.3 is 14.4 Å². The highest BCUT2D eigenvalue weighted by Crippen LogP contribution is 2.32. The average Bonchev–Trinajstić information content (AvgIpc) is 3.08. The second kappa shape index (κ2) is 8.11. The summed E-state index contributed by atoms with van der Waals surface area (Å²) in [5.74, 6) is 2.50. The molecule has 1 aliphatic heterocycles. The Morgan fingerprint density at radius 3 is 2.71 bits per heavy atom. The van der Waals surface area contributed by atoms with E-state index in [0.717, 1.165) is 22.8 Å². The summed E-state index contributed by atoms with van der Waals surface area (Å²) in [6.45, 7) is 3.58. The van der Waals surface area contributed by atoms with Crippen molar-refractivity contribution in [3.8, 4) is 11.5 Å². The van der Waals surface area contributed by atoms with Crippen molar-refractivity contribution >= 4 is 17.7 Å². The topological polar surface area (TPSA) is 38.8 Å². The van der Waals surface area contributed by atoms with Gasteiger partial charge in [-0.2, -0.15) is 0 Å². The molecule has 0 bridgehead atoms. The molecule has 0 atom stereocenters. The van der Waals surface area contributed by atoms with Crippen molar-refractivity contribution in [2.45, 2.75) is 24.8 Å². The number of fused-ring (bicyclic) bond motifs is 1. The van der Waals surface area contributed by atoms with Crippen molar-refractivity contribution in [1.29, 1.82) is 0 Å². The lowest BCUT2D eigenvalue weighted by atomic mass is 10.2. The maximum Gasteiger partial charge on any atom is 0.231 e. The lowest BCUT2D eigenvalue weighted by Gasteiger charge is -2.21. The quantitative estimate of drug-likeness (QED) is 0.714. The van der Waals surface area contributed by atoms with Gasteiger partial charge in [0.05, 0.1) is 0 Å². The fraction of sp³-hybridized carbons (Fsp3) is 0.316. The normalized spacial score (nSPS) is 12.2. The number of nitrogens with zero attached hydrogens (tertiary/aromatic N) is 1. The Morgan fingerprint density at radius 1 is 1.12 bits per heavy atom. The summed E-state index contributed by atoms with van der Waals surface area (Å²) >= 11 is 1.72. The summed E-state index contributed by atoms with van der Waals surface area (Å²) in [5, 5.41) is 0. The maximum atomic E-state index is 12.5. The zero-order valence-corrected chi connectivity index (χ0v) is 14.6. The van der Waals surface area contributed by atoms with Crippen LogP contribution in [0.4, 0.5) is 0 Å². The van der Waals surface area contributed by atoms with E-state index in [-0.39, 0.29) is 12.7 Å². The molecule has 0 unspecified atom stereocenters. The first-order valence-corrected chi connectivity index (χ1v) is 9.09. The van der Waals surface area contributed by atoms with E-state index in [0.29, 0.717) is 19.5 Å². The standard InChI is InChI=1S/C19H21NO3S/c1-2-20(13-15-8-9-17-18(12-15)23-14-22-17)19(21)10-11-24-16-6-4-3-5-7-16/h3-9,12H,2,10-11,13-14H2,1H3. The van der Waals surface area contributed by atoms with Crippen molar-refractivity contribution in [2.75, 3.05) is 19.1 Å². The first-order chi connectivity index (χ1) is 11.8. The highest BCUT2D eigenvalue weighted by atomic mass is 32.2. The number of carbonyl (C=O) groups excluding carboxylic acids is 1. The van der Waals surface area contributed by atoms with Crippen LogP contribution in [-0.4, -0.2) is 29.9 Å². The van der Waals surface area contributed by atoms with Gasteiger partial charge in [0.15, 0.2) is 11.5 Å². The highest BCUT2D eigenvalue weighted by Gasteiger charge is 2.16. The van der Waals surface area contributed by atoms with Gasteiger partial charge in [-0.15, -0.1) is 11.8 Å². The number of ether oxygens (including phenoxy) is 2. The molecule has 0 aliphatic carbocycles. The van der Waals surface area contributed by atoms with Crippen molar-refractivity contribution in [1.82, 2.24) is 4.90 Å². The van der Waals surface area contributed by atoms with Crippen molar-refractivity contribution in [3.63, 3.8) is 0 Å². The molecule has 0 saturated heterocycles. The minimum absolute atomic E-state index is 0.179. The minimum atomic E-state index is 0.179. The molecule has 1 aliphatic rings. The summed E-state index contributed by atoms with van der Waals surface area (Å²) in [6.07, 6.45) is 0.540. The third-order valence-electron chi connectivity index (χ3n) is 3.87. The Labute approximate surface area is 146 Å². The number of amides is 1. The molecule has 1 heterocycles. The van der Waals surface area contributed by atoms with Gasteiger partial charge in [-0.1, -0.05) is 24.3 Å². The van der Waals surface area contributed by atoms with Crippen molar-refractivity contribution in [2.24, 2.45) is 0 Å². The van der Waals surface area contributed by atoms with E-state index in [4.69, 9.17) is 9.47 Å². The van der Waals surface area contributed by atoms with Gasteiger partial charge >= 0.3 is 0 Å². The summed E-state index contributed by atoms with van der Waals surface area (Å²) in [7, 11) is 0. The van der Waals surface area contributed by atoms with Crippen LogP contribution in [0.3, 0.4) is 0 Å². The minimum Gasteiger partial charge on any atom is -0.454 e. The predicted octanol–water partition coefficient (Wildman–Crippen LogP) is 3.95. The van der Waals surface area contributed by atoms with E-state index in [2.05, 4.69) is 12.1 Å². The van der Waals surface area contributed by atoms with Crippen LogP contribution < -0.4 is 9.47 Å². The summed E-state index contributed by atoms with van der Waals surface area (Å²) in [5.41, 5.74) is 1.06. The molecule has 0 radical (unpaired) electrons. The number of hydrogen-bond acceptors (Lipinski definition) is 4. The van der Waals surface area contributed by atoms with E-state index in [1.807, 2.05) is 48.2 Å². The third-order valence-corrected chi connectivity index (χ3v) is 4.89. The van der Waals surface area contributed by atoms with Crippen LogP contribution in [-0.2, 0) is 11.3 Å². The van der Waals surface area contributed by atoms with Crippen molar-refractivity contribution in [3.05, 3.63) is 54.1 Å². The lowest BCUT2D eigenvalue weighted by molar-refractivity contribution is -0.131. The van der Waals surface area contributed by atoms with Crippen molar-refractivity contribution < 1.29 is 14.3 Å². The average molecular weight is 343 g/mol. The third kappa shape index (κ3) is 4.23. The predicted molar refractivity (Wildman–Crippen MR) is 95.4 cm³/mol. The monoisotopic (exact) mass is 343 g/mol. The van der Waals surface area contributed by atoms with Gasteiger partial charge in [0, 0.05) is 30.2 Å². The number of hydrogen-bond donors (Lipinski definition) is 0. The molecule has 5 heteroatoms. The molecule has 2 aromatic carbocycles. The van der Waals surface area contributed by atoms with Gasteiger partial charge in [0.1, 0.15) is 0 Å². The van der Waals surface area contributed by atoms with Crippen LogP contribution in [0.1, 0.15) is 18.9 Å². The summed E-state index contributed by atoms with van der Waals surface area (Å²) < 4.78 is 10.7. The Morgan fingerprint density at radius 2 is 1.92 bits per heavy atom. The van der Waals surface area contributed by atoms with E-state index < -0.39 is 0 Å². The molecule has 0 spiro atoms. The van der Waals surface area contributed by atoms with E-state index in [1.165, 1.54) is 4.90 Å². The second-order valence-corrected chi connectivity index (χ2v) is 6.68. The van der Waals surface area contributed by atoms with Crippen LogP contribution in [0.25, 0.3) is 0 Å². The molecule has 4 nitrogen and oxygen atoms in total. The molecule has 1 amide bonds. The first kappa shape index (κ1) is 16.7. The fourth-order valence-electron chi connectivity index (χ4n) is 2.57. The number of thioether (sulfide) groups is 1.